The van der Waals surface area contributed by atoms with E-state index in [-0.39, 0.29) is 0 Å². The Balaban J connectivity index is 4.88. The Labute approximate surface area is 112 Å². The lowest BCUT2D eigenvalue weighted by Crippen LogP contribution is -2.45. The quantitative estimate of drug-likeness (QED) is 0.623. The molecule has 0 spiro atoms. The van der Waals surface area contributed by atoms with Crippen LogP contribution in [-0.2, 0) is 10.0 Å². The molecule has 1 unspecified atom stereocenters. The van der Waals surface area contributed by atoms with E-state index < -0.39 is 14.8 Å². The minimum Gasteiger partial charge on any atom is -0.214 e. The molecule has 0 fully saturated rings. The average molecular weight is 274 g/mol. The van der Waals surface area contributed by atoms with E-state index in [1.807, 2.05) is 6.92 Å². The maximum absolute atomic E-state index is 12.2. The van der Waals surface area contributed by atoms with Crippen molar-refractivity contribution < 1.29 is 8.42 Å². The molecule has 0 rings (SSSR count). The van der Waals surface area contributed by atoms with Crippen LogP contribution in [0, 0.1) is 11.3 Å². The minimum atomic E-state index is -3.54. The fourth-order valence-electron chi connectivity index (χ4n) is 2.13. The number of unbranched alkanes of at least 4 members (excludes halogenated alkanes) is 3. The zero-order valence-electron chi connectivity index (χ0n) is 11.8. The third kappa shape index (κ3) is 4.58. The normalized spacial score (nSPS) is 15.0. The first kappa shape index (κ1) is 17.4. The zero-order chi connectivity index (χ0) is 14.1. The molecule has 1 atom stereocenters. The van der Waals surface area contributed by atoms with Crippen LogP contribution < -0.4 is 4.72 Å². The van der Waals surface area contributed by atoms with Crippen LogP contribution in [0.2, 0.25) is 0 Å². The third-order valence-electron chi connectivity index (χ3n) is 3.14. The predicted octanol–water partition coefficient (Wildman–Crippen LogP) is 2.96. The van der Waals surface area contributed by atoms with Crippen LogP contribution in [0.5, 0.6) is 0 Å². The molecule has 0 aliphatic heterocycles. The van der Waals surface area contributed by atoms with Crippen molar-refractivity contribution in [2.24, 2.45) is 0 Å². The van der Waals surface area contributed by atoms with E-state index in [4.69, 9.17) is 0 Å². The van der Waals surface area contributed by atoms with E-state index in [1.165, 1.54) is 0 Å². The number of rotatable bonds is 10. The van der Waals surface area contributed by atoms with E-state index in [0.29, 0.717) is 25.8 Å². The fraction of sp³-hybridized carbons (Fsp3) is 0.923. The van der Waals surface area contributed by atoms with Gasteiger partial charge in [-0.2, -0.15) is 5.26 Å². The van der Waals surface area contributed by atoms with Gasteiger partial charge < -0.3 is 0 Å². The van der Waals surface area contributed by atoms with Crippen LogP contribution in [0.3, 0.4) is 0 Å². The number of nitriles is 1. The van der Waals surface area contributed by atoms with Gasteiger partial charge in [0.05, 0.1) is 6.07 Å². The van der Waals surface area contributed by atoms with Crippen molar-refractivity contribution in [3.63, 3.8) is 0 Å². The van der Waals surface area contributed by atoms with Crippen LogP contribution in [0.4, 0.5) is 0 Å². The predicted molar refractivity (Wildman–Crippen MR) is 74.6 cm³/mol. The highest BCUT2D eigenvalue weighted by Gasteiger charge is 2.42. The van der Waals surface area contributed by atoms with E-state index in [0.717, 1.165) is 25.7 Å². The summed E-state index contributed by atoms with van der Waals surface area (Å²) in [6.45, 7) is 6.10. The first-order valence-corrected chi connectivity index (χ1v) is 8.38. The number of nitrogens with zero attached hydrogens (tertiary/aromatic N) is 1. The van der Waals surface area contributed by atoms with Crippen molar-refractivity contribution in [3.05, 3.63) is 0 Å². The SMILES string of the molecule is CCCCCCC(C#N)(CCC)S(=O)(=O)NCC. The van der Waals surface area contributed by atoms with Crippen LogP contribution in [0.1, 0.15) is 65.7 Å². The summed E-state index contributed by atoms with van der Waals surface area (Å²) in [5, 5.41) is 9.36. The fourth-order valence-corrected chi connectivity index (χ4v) is 3.80. The van der Waals surface area contributed by atoms with Crippen LogP contribution in [0.15, 0.2) is 0 Å². The van der Waals surface area contributed by atoms with Crippen LogP contribution in [0.25, 0.3) is 0 Å². The maximum Gasteiger partial charge on any atom is 0.230 e. The Morgan fingerprint density at radius 3 is 2.17 bits per heavy atom. The standard InChI is InChI=1S/C13H26N2O2S/c1-4-7-8-9-11-13(12-14,10-5-2)18(16,17)15-6-3/h15H,4-11H2,1-3H3. The second-order valence-electron chi connectivity index (χ2n) is 4.67. The summed E-state index contributed by atoms with van der Waals surface area (Å²) in [5.74, 6) is 0. The number of sulfonamides is 1. The topological polar surface area (TPSA) is 70.0 Å². The summed E-state index contributed by atoms with van der Waals surface area (Å²) in [7, 11) is -3.54. The van der Waals surface area contributed by atoms with E-state index >= 15 is 0 Å². The highest BCUT2D eigenvalue weighted by Crippen LogP contribution is 2.29. The lowest BCUT2D eigenvalue weighted by atomic mass is 9.96. The lowest BCUT2D eigenvalue weighted by molar-refractivity contribution is 0.482. The first-order chi connectivity index (χ1) is 8.49. The Kier molecular flexibility index (Phi) is 8.21. The van der Waals surface area contributed by atoms with Gasteiger partial charge in [0.25, 0.3) is 0 Å². The molecule has 106 valence electrons. The van der Waals surface area contributed by atoms with Gasteiger partial charge in [-0.3, -0.25) is 0 Å². The van der Waals surface area contributed by atoms with E-state index in [2.05, 4.69) is 17.7 Å². The lowest BCUT2D eigenvalue weighted by Gasteiger charge is -2.26. The molecule has 0 saturated carbocycles. The van der Waals surface area contributed by atoms with Crippen molar-refractivity contribution in [2.45, 2.75) is 70.5 Å². The number of nitrogens with one attached hydrogen (secondary N) is 1. The molecular formula is C13H26N2O2S. The molecule has 0 saturated heterocycles. The zero-order valence-corrected chi connectivity index (χ0v) is 12.6. The maximum atomic E-state index is 12.2. The van der Waals surface area contributed by atoms with Crippen molar-refractivity contribution >= 4 is 10.0 Å². The third-order valence-corrected chi connectivity index (χ3v) is 5.34. The van der Waals surface area contributed by atoms with Gasteiger partial charge in [0, 0.05) is 6.54 Å². The smallest absolute Gasteiger partial charge is 0.214 e. The highest BCUT2D eigenvalue weighted by atomic mass is 32.2. The summed E-state index contributed by atoms with van der Waals surface area (Å²) < 4.78 is 25.7. The number of hydrogen-bond donors (Lipinski definition) is 1. The summed E-state index contributed by atoms with van der Waals surface area (Å²) in [4.78, 5) is 0. The molecule has 4 nitrogen and oxygen atoms in total. The molecule has 1 N–H and O–H groups in total. The molecule has 0 heterocycles. The van der Waals surface area contributed by atoms with Gasteiger partial charge in [-0.15, -0.1) is 0 Å². The summed E-state index contributed by atoms with van der Waals surface area (Å²) in [6.07, 6.45) is 5.53. The molecule has 0 bridgehead atoms. The van der Waals surface area contributed by atoms with Gasteiger partial charge in [-0.25, -0.2) is 13.1 Å². The monoisotopic (exact) mass is 274 g/mol. The Bertz CT molecular complexity index is 360. The van der Waals surface area contributed by atoms with Gasteiger partial charge in [0.1, 0.15) is 0 Å². The second kappa shape index (κ2) is 8.49. The first-order valence-electron chi connectivity index (χ1n) is 6.90. The molecular weight excluding hydrogens is 248 g/mol. The largest absolute Gasteiger partial charge is 0.230 e. The number of hydrogen-bond acceptors (Lipinski definition) is 3. The molecule has 18 heavy (non-hydrogen) atoms. The second-order valence-corrected chi connectivity index (χ2v) is 6.75. The van der Waals surface area contributed by atoms with Crippen molar-refractivity contribution in [1.82, 2.24) is 4.72 Å². The van der Waals surface area contributed by atoms with Gasteiger partial charge in [0.15, 0.2) is 4.75 Å². The molecule has 5 heteroatoms. The molecule has 0 aliphatic carbocycles. The Morgan fingerprint density at radius 1 is 1.06 bits per heavy atom. The van der Waals surface area contributed by atoms with Gasteiger partial charge in [-0.1, -0.05) is 52.9 Å². The average Bonchev–Trinajstić information content (AvgIpc) is 2.33. The molecule has 0 aromatic rings. The molecule has 0 aromatic carbocycles. The molecule has 0 aromatic heterocycles. The Hall–Kier alpha value is -0.600. The van der Waals surface area contributed by atoms with Crippen molar-refractivity contribution in [2.75, 3.05) is 6.54 Å². The van der Waals surface area contributed by atoms with Gasteiger partial charge >= 0.3 is 0 Å². The van der Waals surface area contributed by atoms with E-state index in [9.17, 15) is 13.7 Å². The highest BCUT2D eigenvalue weighted by molar-refractivity contribution is 7.91. The summed E-state index contributed by atoms with van der Waals surface area (Å²) in [5.41, 5.74) is 0. The molecule has 0 amide bonds. The van der Waals surface area contributed by atoms with Crippen LogP contribution in [-0.4, -0.2) is 19.7 Å². The summed E-state index contributed by atoms with van der Waals surface area (Å²) in [6, 6.07) is 2.07. The minimum absolute atomic E-state index is 0.338. The van der Waals surface area contributed by atoms with E-state index in [1.54, 1.807) is 6.92 Å². The van der Waals surface area contributed by atoms with Gasteiger partial charge in [-0.05, 0) is 12.8 Å². The Morgan fingerprint density at radius 2 is 1.72 bits per heavy atom. The molecule has 0 aliphatic rings. The van der Waals surface area contributed by atoms with Gasteiger partial charge in [0.2, 0.25) is 10.0 Å². The van der Waals surface area contributed by atoms with Crippen molar-refractivity contribution in [1.29, 1.82) is 5.26 Å². The van der Waals surface area contributed by atoms with Crippen LogP contribution >= 0.6 is 0 Å². The van der Waals surface area contributed by atoms with Crippen molar-refractivity contribution in [3.8, 4) is 6.07 Å². The summed E-state index contributed by atoms with van der Waals surface area (Å²) >= 11 is 0. The molecule has 0 radical (unpaired) electrons.